The third kappa shape index (κ3) is 2.83. The molecule has 0 bridgehead atoms. The van der Waals surface area contributed by atoms with Crippen molar-refractivity contribution < 1.29 is 4.79 Å². The van der Waals surface area contributed by atoms with E-state index in [2.05, 4.69) is 19.9 Å². The molecule has 122 valence electrons. The first-order valence-electron chi connectivity index (χ1n) is 8.65. The monoisotopic (exact) mass is 313 g/mol. The minimum atomic E-state index is 0.0117. The molecule has 0 saturated carbocycles. The first kappa shape index (κ1) is 14.6. The molecule has 0 aliphatic carbocycles. The van der Waals surface area contributed by atoms with E-state index >= 15 is 0 Å². The number of carbonyl (C=O) groups excluding carboxylic acids is 1. The van der Waals surface area contributed by atoms with Gasteiger partial charge in [0.2, 0.25) is 5.91 Å². The number of carbonyl (C=O) groups is 1. The number of amides is 1. The van der Waals surface area contributed by atoms with Crippen molar-refractivity contribution in [2.24, 2.45) is 0 Å². The highest BCUT2D eigenvalue weighted by Crippen LogP contribution is 2.27. The zero-order valence-corrected chi connectivity index (χ0v) is 13.3. The second kappa shape index (κ2) is 6.28. The van der Waals surface area contributed by atoms with Crippen molar-refractivity contribution in [3.05, 3.63) is 30.2 Å². The number of aromatic nitrogens is 3. The average molecular weight is 313 g/mol. The van der Waals surface area contributed by atoms with Gasteiger partial charge in [0.25, 0.3) is 0 Å². The fraction of sp³-hybridized carbons (Fsp3) is 0.588. The minimum absolute atomic E-state index is 0.0117. The molecule has 6 heteroatoms. The summed E-state index contributed by atoms with van der Waals surface area (Å²) in [6, 6.07) is 5.95. The maximum Gasteiger partial charge on any atom is 0.239 e. The van der Waals surface area contributed by atoms with E-state index in [-0.39, 0.29) is 17.9 Å². The summed E-state index contributed by atoms with van der Waals surface area (Å²) in [6.07, 6.45) is 7.40. The first-order chi connectivity index (χ1) is 11.3. The van der Waals surface area contributed by atoms with Crippen molar-refractivity contribution in [3.8, 4) is 0 Å². The molecule has 1 N–H and O–H groups in total. The van der Waals surface area contributed by atoms with E-state index in [0.29, 0.717) is 0 Å². The molecule has 1 unspecified atom stereocenters. The van der Waals surface area contributed by atoms with E-state index < -0.39 is 0 Å². The summed E-state index contributed by atoms with van der Waals surface area (Å²) in [5.74, 6) is 1.52. The van der Waals surface area contributed by atoms with Crippen LogP contribution < -0.4 is 5.32 Å². The molecule has 2 aliphatic heterocycles. The molecule has 4 rings (SSSR count). The SMILES string of the molecule is O=C([C@H]1CCCCN1)N1CCCC(c2nnc3ccccn23)C1. The van der Waals surface area contributed by atoms with Crippen molar-refractivity contribution in [1.82, 2.24) is 24.8 Å². The number of pyridine rings is 1. The lowest BCUT2D eigenvalue weighted by Gasteiger charge is -2.35. The molecule has 1 amide bonds. The Balaban J connectivity index is 1.51. The van der Waals surface area contributed by atoms with Gasteiger partial charge in [0.05, 0.1) is 6.04 Å². The Morgan fingerprint density at radius 2 is 2.13 bits per heavy atom. The lowest BCUT2D eigenvalue weighted by Crippen LogP contribution is -2.51. The van der Waals surface area contributed by atoms with E-state index in [1.807, 2.05) is 29.3 Å². The summed E-state index contributed by atoms with van der Waals surface area (Å²) >= 11 is 0. The van der Waals surface area contributed by atoms with Crippen LogP contribution in [0.3, 0.4) is 0 Å². The normalized spacial score (nSPS) is 25.7. The van der Waals surface area contributed by atoms with Gasteiger partial charge in [-0.3, -0.25) is 9.20 Å². The van der Waals surface area contributed by atoms with Gasteiger partial charge in [-0.05, 0) is 44.4 Å². The smallest absolute Gasteiger partial charge is 0.239 e. The van der Waals surface area contributed by atoms with Gasteiger partial charge in [0.1, 0.15) is 5.82 Å². The van der Waals surface area contributed by atoms with Crippen LogP contribution in [0.5, 0.6) is 0 Å². The molecule has 0 aromatic carbocycles. The van der Waals surface area contributed by atoms with E-state index in [4.69, 9.17) is 0 Å². The van der Waals surface area contributed by atoms with Gasteiger partial charge in [0, 0.05) is 25.2 Å². The molecular formula is C17H23N5O. The Bertz CT molecular complexity index is 691. The van der Waals surface area contributed by atoms with E-state index in [1.54, 1.807) is 0 Å². The molecule has 6 nitrogen and oxygen atoms in total. The Morgan fingerprint density at radius 3 is 3.00 bits per heavy atom. The topological polar surface area (TPSA) is 62.5 Å². The maximum atomic E-state index is 12.8. The highest BCUT2D eigenvalue weighted by molar-refractivity contribution is 5.82. The average Bonchev–Trinajstić information content (AvgIpc) is 3.06. The second-order valence-corrected chi connectivity index (χ2v) is 6.61. The molecule has 0 radical (unpaired) electrons. The molecule has 2 aliphatic rings. The third-order valence-corrected chi connectivity index (χ3v) is 5.05. The molecule has 23 heavy (non-hydrogen) atoms. The highest BCUT2D eigenvalue weighted by atomic mass is 16.2. The van der Waals surface area contributed by atoms with Crippen molar-refractivity contribution in [2.45, 2.75) is 44.1 Å². The lowest BCUT2D eigenvalue weighted by atomic mass is 9.95. The Labute approximate surface area is 135 Å². The number of hydrogen-bond donors (Lipinski definition) is 1. The second-order valence-electron chi connectivity index (χ2n) is 6.61. The number of likely N-dealkylation sites (tertiary alicyclic amines) is 1. The predicted molar refractivity (Wildman–Crippen MR) is 87.2 cm³/mol. The van der Waals surface area contributed by atoms with Gasteiger partial charge in [-0.2, -0.15) is 0 Å². The largest absolute Gasteiger partial charge is 0.341 e. The van der Waals surface area contributed by atoms with Crippen molar-refractivity contribution in [2.75, 3.05) is 19.6 Å². The number of nitrogens with one attached hydrogen (secondary N) is 1. The zero-order valence-electron chi connectivity index (χ0n) is 13.3. The number of rotatable bonds is 2. The van der Waals surface area contributed by atoms with Crippen LogP contribution in [0.15, 0.2) is 24.4 Å². The third-order valence-electron chi connectivity index (χ3n) is 5.05. The van der Waals surface area contributed by atoms with Gasteiger partial charge in [-0.25, -0.2) is 0 Å². The maximum absolute atomic E-state index is 12.8. The van der Waals surface area contributed by atoms with Crippen LogP contribution in [0, 0.1) is 0 Å². The van der Waals surface area contributed by atoms with Gasteiger partial charge < -0.3 is 10.2 Å². The summed E-state index contributed by atoms with van der Waals surface area (Å²) in [4.78, 5) is 14.8. The molecular weight excluding hydrogens is 290 g/mol. The van der Waals surface area contributed by atoms with E-state index in [9.17, 15) is 4.79 Å². The van der Waals surface area contributed by atoms with Crippen LogP contribution >= 0.6 is 0 Å². The van der Waals surface area contributed by atoms with Gasteiger partial charge in [-0.15, -0.1) is 10.2 Å². The molecule has 2 fully saturated rings. The molecule has 0 spiro atoms. The van der Waals surface area contributed by atoms with E-state index in [1.165, 1.54) is 6.42 Å². The number of fused-ring (bicyclic) bond motifs is 1. The summed E-state index contributed by atoms with van der Waals surface area (Å²) < 4.78 is 2.05. The van der Waals surface area contributed by atoms with Gasteiger partial charge in [0.15, 0.2) is 5.65 Å². The number of nitrogens with zero attached hydrogens (tertiary/aromatic N) is 4. The van der Waals surface area contributed by atoms with Crippen LogP contribution in [0.25, 0.3) is 5.65 Å². The van der Waals surface area contributed by atoms with Crippen LogP contribution in [-0.4, -0.2) is 51.1 Å². The summed E-state index contributed by atoms with van der Waals surface area (Å²) in [5.41, 5.74) is 0.875. The molecule has 2 aromatic heterocycles. The van der Waals surface area contributed by atoms with Crippen LogP contribution in [-0.2, 0) is 4.79 Å². The summed E-state index contributed by atoms with van der Waals surface area (Å²) in [6.45, 7) is 2.58. The van der Waals surface area contributed by atoms with Crippen molar-refractivity contribution in [3.63, 3.8) is 0 Å². The van der Waals surface area contributed by atoms with Crippen LogP contribution in [0.1, 0.15) is 43.8 Å². The van der Waals surface area contributed by atoms with Crippen molar-refractivity contribution >= 4 is 11.6 Å². The standard InChI is InChI=1S/C17H23N5O/c23-17(14-7-1-3-9-18-14)21-10-5-6-13(12-21)16-20-19-15-8-2-4-11-22(15)16/h2,4,8,11,13-14,18H,1,3,5-7,9-10,12H2/t13?,14-/m1/s1. The van der Waals surface area contributed by atoms with Crippen LogP contribution in [0.4, 0.5) is 0 Å². The molecule has 2 saturated heterocycles. The van der Waals surface area contributed by atoms with Crippen molar-refractivity contribution in [1.29, 1.82) is 0 Å². The minimum Gasteiger partial charge on any atom is -0.341 e. The quantitative estimate of drug-likeness (QED) is 0.914. The fourth-order valence-electron chi connectivity index (χ4n) is 3.81. The lowest BCUT2D eigenvalue weighted by molar-refractivity contribution is -0.135. The fourth-order valence-corrected chi connectivity index (χ4v) is 3.81. The zero-order chi connectivity index (χ0) is 15.6. The summed E-state index contributed by atoms with van der Waals surface area (Å²) in [7, 11) is 0. The highest BCUT2D eigenvalue weighted by Gasteiger charge is 2.31. The first-order valence-corrected chi connectivity index (χ1v) is 8.65. The Kier molecular flexibility index (Phi) is 3.99. The molecule has 4 heterocycles. The van der Waals surface area contributed by atoms with Gasteiger partial charge in [-0.1, -0.05) is 12.5 Å². The number of hydrogen-bond acceptors (Lipinski definition) is 4. The summed E-state index contributed by atoms with van der Waals surface area (Å²) in [5, 5.41) is 12.0. The molecule has 2 aromatic rings. The number of piperidine rings is 2. The van der Waals surface area contributed by atoms with Gasteiger partial charge >= 0.3 is 0 Å². The molecule has 2 atom stereocenters. The Morgan fingerprint density at radius 1 is 1.17 bits per heavy atom. The Hall–Kier alpha value is -1.95. The predicted octanol–water partition coefficient (Wildman–Crippen LogP) is 1.58. The van der Waals surface area contributed by atoms with E-state index in [0.717, 1.165) is 56.8 Å². The van der Waals surface area contributed by atoms with Crippen LogP contribution in [0.2, 0.25) is 0 Å².